The molecular formula is C41H50N6O13. The van der Waals surface area contributed by atoms with Gasteiger partial charge < -0.3 is 54.6 Å². The minimum atomic E-state index is -1.66. The van der Waals surface area contributed by atoms with Gasteiger partial charge in [-0.15, -0.1) is 0 Å². The Kier molecular flexibility index (Phi) is 23.1. The summed E-state index contributed by atoms with van der Waals surface area (Å²) in [5.41, 5.74) is 3.48. The van der Waals surface area contributed by atoms with Gasteiger partial charge in [-0.25, -0.2) is 9.59 Å². The zero-order chi connectivity index (χ0) is 41.8. The molecule has 0 aromatic heterocycles. The highest BCUT2D eigenvalue weighted by atomic mass is 16.7. The fraction of sp³-hybridized carbons (Fsp3) is 0.293. The summed E-state index contributed by atoms with van der Waals surface area (Å²) in [4.78, 5) is 64.5. The van der Waals surface area contributed by atoms with E-state index in [1.807, 2.05) is 121 Å². The Morgan fingerprint density at radius 1 is 0.433 bits per heavy atom. The van der Waals surface area contributed by atoms with Crippen LogP contribution in [0, 0.1) is 0 Å². The van der Waals surface area contributed by atoms with Gasteiger partial charge >= 0.3 is 12.2 Å². The van der Waals surface area contributed by atoms with Crippen LogP contribution in [0.1, 0.15) is 22.3 Å². The molecule has 0 bridgehead atoms. The third kappa shape index (κ3) is 20.3. The third-order valence-electron chi connectivity index (χ3n) is 7.67. The number of hydrogen-bond acceptors (Lipinski definition) is 13. The molecule has 0 fully saturated rings. The number of rotatable bonds is 26. The first-order valence-electron chi connectivity index (χ1n) is 18.3. The highest BCUT2D eigenvalue weighted by Gasteiger charge is 2.26. The number of alkyl carbamates (subject to hydrolysis) is 2. The van der Waals surface area contributed by atoms with Crippen LogP contribution in [0.15, 0.2) is 121 Å². The zero-order valence-electron chi connectivity index (χ0n) is 32.7. The van der Waals surface area contributed by atoms with Crippen molar-refractivity contribution in [3.05, 3.63) is 144 Å². The lowest BCUT2D eigenvalue weighted by atomic mass is 10.2. The molecule has 60 heavy (non-hydrogen) atoms. The molecule has 0 radical (unpaired) electrons. The van der Waals surface area contributed by atoms with Crippen molar-refractivity contribution in [1.82, 2.24) is 31.9 Å². The van der Waals surface area contributed by atoms with Gasteiger partial charge in [-0.2, -0.15) is 0 Å². The van der Waals surface area contributed by atoms with Crippen molar-refractivity contribution in [3.8, 4) is 0 Å². The Bertz CT molecular complexity index is 1830. The first-order chi connectivity index (χ1) is 28.9. The van der Waals surface area contributed by atoms with Crippen molar-refractivity contribution >= 4 is 29.9 Å². The van der Waals surface area contributed by atoms with Gasteiger partial charge in [-0.3, -0.25) is 30.3 Å². The summed E-state index contributed by atoms with van der Waals surface area (Å²) in [6.45, 7) is -1.45. The average Bonchev–Trinajstić information content (AvgIpc) is 3.26. The minimum Gasteiger partial charge on any atom is -0.422 e. The smallest absolute Gasteiger partial charge is 0.411 e. The van der Waals surface area contributed by atoms with Crippen LogP contribution in [0.3, 0.4) is 0 Å². The van der Waals surface area contributed by atoms with Crippen LogP contribution in [0.5, 0.6) is 0 Å². The molecule has 4 aromatic rings. The molecule has 0 aliphatic heterocycles. The van der Waals surface area contributed by atoms with Gasteiger partial charge in [0.1, 0.15) is 20.3 Å². The minimum absolute atomic E-state index is 0. The quantitative estimate of drug-likeness (QED) is 0.0391. The SMILES string of the molecule is O.O=C(CNC(=O)C(NCOCOCc1ccccc1)NC(=O)OCOCc1ccccc1)NC(NC(=O)OCOCc1ccccc1)C(=O)NCOCc1ccccc1. The van der Waals surface area contributed by atoms with E-state index in [1.54, 1.807) is 0 Å². The van der Waals surface area contributed by atoms with E-state index >= 15 is 0 Å². The second-order valence-corrected chi connectivity index (χ2v) is 12.2. The van der Waals surface area contributed by atoms with Crippen LogP contribution in [0.25, 0.3) is 0 Å². The average molecular weight is 835 g/mol. The molecule has 19 heteroatoms. The van der Waals surface area contributed by atoms with Gasteiger partial charge in [0.2, 0.25) is 5.91 Å². The fourth-order valence-electron chi connectivity index (χ4n) is 4.78. The molecule has 2 atom stereocenters. The highest BCUT2D eigenvalue weighted by Crippen LogP contribution is 2.03. The summed E-state index contributed by atoms with van der Waals surface area (Å²) in [6, 6.07) is 37.0. The molecule has 0 aliphatic carbocycles. The van der Waals surface area contributed by atoms with Crippen molar-refractivity contribution in [1.29, 1.82) is 0 Å². The largest absolute Gasteiger partial charge is 0.422 e. The predicted octanol–water partition coefficient (Wildman–Crippen LogP) is 1.88. The highest BCUT2D eigenvalue weighted by molar-refractivity contribution is 5.92. The van der Waals surface area contributed by atoms with E-state index in [1.165, 1.54) is 0 Å². The summed E-state index contributed by atoms with van der Waals surface area (Å²) in [5.74, 6) is -2.63. The lowest BCUT2D eigenvalue weighted by molar-refractivity contribution is -0.132. The van der Waals surface area contributed by atoms with Gasteiger partial charge in [0.25, 0.3) is 11.8 Å². The molecule has 4 rings (SSSR count). The molecule has 322 valence electrons. The van der Waals surface area contributed by atoms with E-state index in [0.717, 1.165) is 22.3 Å². The van der Waals surface area contributed by atoms with Crippen LogP contribution in [-0.2, 0) is 74.0 Å². The van der Waals surface area contributed by atoms with E-state index in [0.29, 0.717) is 0 Å². The number of carbonyl (C=O) groups is 5. The molecule has 0 saturated heterocycles. The number of ether oxygens (including phenoxy) is 7. The summed E-state index contributed by atoms with van der Waals surface area (Å²) >= 11 is 0. The maximum atomic E-state index is 13.2. The van der Waals surface area contributed by atoms with Crippen LogP contribution < -0.4 is 31.9 Å². The Morgan fingerprint density at radius 2 is 0.833 bits per heavy atom. The van der Waals surface area contributed by atoms with Gasteiger partial charge in [0.05, 0.1) is 33.0 Å². The Labute approximate surface area is 346 Å². The first-order valence-corrected chi connectivity index (χ1v) is 18.3. The molecule has 0 aliphatic rings. The molecule has 2 unspecified atom stereocenters. The number of nitrogens with one attached hydrogen (secondary N) is 6. The Balaban J connectivity index is 0.00000961. The normalized spacial score (nSPS) is 11.5. The zero-order valence-corrected chi connectivity index (χ0v) is 32.7. The van der Waals surface area contributed by atoms with E-state index in [4.69, 9.17) is 33.2 Å². The summed E-state index contributed by atoms with van der Waals surface area (Å²) in [5, 5.41) is 14.4. The van der Waals surface area contributed by atoms with Crippen LogP contribution in [0.4, 0.5) is 9.59 Å². The fourth-order valence-corrected chi connectivity index (χ4v) is 4.78. The van der Waals surface area contributed by atoms with Crippen LogP contribution >= 0.6 is 0 Å². The Hall–Kier alpha value is -6.45. The summed E-state index contributed by atoms with van der Waals surface area (Å²) in [7, 11) is 0. The van der Waals surface area contributed by atoms with Gasteiger partial charge in [-0.05, 0) is 22.3 Å². The van der Waals surface area contributed by atoms with Crippen molar-refractivity contribution in [2.24, 2.45) is 0 Å². The van der Waals surface area contributed by atoms with Crippen LogP contribution in [-0.4, -0.2) is 88.1 Å². The predicted molar refractivity (Wildman–Crippen MR) is 213 cm³/mol. The van der Waals surface area contributed by atoms with Gasteiger partial charge in [-0.1, -0.05) is 121 Å². The van der Waals surface area contributed by atoms with Crippen molar-refractivity contribution < 1.29 is 62.6 Å². The maximum Gasteiger partial charge on any atom is 0.411 e. The first kappa shape index (κ1) is 47.9. The van der Waals surface area contributed by atoms with Crippen molar-refractivity contribution in [2.45, 2.75) is 38.8 Å². The molecule has 0 saturated carbocycles. The number of carbonyl (C=O) groups excluding carboxylic acids is 5. The molecule has 0 heterocycles. The molecule has 8 N–H and O–H groups in total. The van der Waals surface area contributed by atoms with E-state index in [-0.39, 0.29) is 52.2 Å². The van der Waals surface area contributed by atoms with E-state index in [9.17, 15) is 24.0 Å². The summed E-state index contributed by atoms with van der Waals surface area (Å²) < 4.78 is 37.2. The van der Waals surface area contributed by atoms with Crippen molar-refractivity contribution in [2.75, 3.05) is 40.4 Å². The maximum absolute atomic E-state index is 13.2. The third-order valence-corrected chi connectivity index (χ3v) is 7.67. The van der Waals surface area contributed by atoms with Crippen LogP contribution in [0.2, 0.25) is 0 Å². The molecule has 19 nitrogen and oxygen atoms in total. The standard InChI is InChI=1S/C41H48N6O12.H2O/c48-35(45-37(39(50)44-27-53-22-31-13-5-1-6-14-31)47-41(52)59-30-56-25-34-19-11-4-12-20-34)21-42-38(49)36(43-26-57-28-54-23-32-15-7-2-8-16-32)46-40(51)58-29-55-24-33-17-9-3-10-18-33;/h1-20,36-37,43H,21-30H2,(H,42,49)(H,44,50)(H,45,48)(H,46,51)(H,47,52);1H2. The van der Waals surface area contributed by atoms with E-state index in [2.05, 4.69) is 31.9 Å². The molecule has 0 spiro atoms. The lowest BCUT2D eigenvalue weighted by Gasteiger charge is -2.21. The molecular weight excluding hydrogens is 784 g/mol. The summed E-state index contributed by atoms with van der Waals surface area (Å²) in [6.07, 6.45) is -5.23. The molecule has 4 aromatic carbocycles. The second-order valence-electron chi connectivity index (χ2n) is 12.2. The number of amides is 5. The van der Waals surface area contributed by atoms with Gasteiger partial charge in [0, 0.05) is 0 Å². The van der Waals surface area contributed by atoms with Crippen molar-refractivity contribution in [3.63, 3.8) is 0 Å². The van der Waals surface area contributed by atoms with Gasteiger partial charge in [0.15, 0.2) is 25.9 Å². The monoisotopic (exact) mass is 834 g/mol. The lowest BCUT2D eigenvalue weighted by Crippen LogP contribution is -2.60. The molecule has 5 amide bonds. The Morgan fingerprint density at radius 3 is 1.30 bits per heavy atom. The second kappa shape index (κ2) is 28.9. The van der Waals surface area contributed by atoms with E-state index < -0.39 is 62.4 Å². The topological polar surface area (TPSA) is 254 Å². The number of benzene rings is 4. The number of hydrogen-bond donors (Lipinski definition) is 6.